The number of methoxy groups -OCH3 is 1. The van der Waals surface area contributed by atoms with Crippen LogP contribution in [0.3, 0.4) is 0 Å². The summed E-state index contributed by atoms with van der Waals surface area (Å²) in [5, 5.41) is 0.984. The molecule has 1 aromatic rings. The highest BCUT2D eigenvalue weighted by molar-refractivity contribution is 9.09. The van der Waals surface area contributed by atoms with Gasteiger partial charge in [0.15, 0.2) is 0 Å². The summed E-state index contributed by atoms with van der Waals surface area (Å²) >= 11 is 3.55. The maximum Gasteiger partial charge on any atom is 0.218 e. The number of hydrogen-bond acceptors (Lipinski definition) is 4. The summed E-state index contributed by atoms with van der Waals surface area (Å²) in [5.41, 5.74) is 0. The number of aryl methyl sites for hydroxylation is 1. The molecule has 0 amide bonds. The summed E-state index contributed by atoms with van der Waals surface area (Å²) in [6.07, 6.45) is 2.44. The minimum absolute atomic E-state index is 0.541. The topological polar surface area (TPSA) is 38.2 Å². The highest BCUT2D eigenvalue weighted by Crippen LogP contribution is 2.26. The van der Waals surface area contributed by atoms with Crippen LogP contribution in [-0.2, 0) is 0 Å². The summed E-state index contributed by atoms with van der Waals surface area (Å²) in [6, 6.07) is 2.45. The molecule has 5 heteroatoms. The minimum Gasteiger partial charge on any atom is -0.481 e. The summed E-state index contributed by atoms with van der Waals surface area (Å²) in [6.45, 7) is 2.96. The van der Waals surface area contributed by atoms with E-state index >= 15 is 0 Å². The van der Waals surface area contributed by atoms with Crippen LogP contribution in [0.1, 0.15) is 18.7 Å². The van der Waals surface area contributed by atoms with E-state index in [2.05, 4.69) is 30.8 Å². The van der Waals surface area contributed by atoms with Crippen LogP contribution in [0.4, 0.5) is 5.82 Å². The third-order valence-electron chi connectivity index (χ3n) is 2.86. The molecule has 16 heavy (non-hydrogen) atoms. The molecule has 1 fully saturated rings. The van der Waals surface area contributed by atoms with Crippen LogP contribution in [0.5, 0.6) is 5.88 Å². The third-order valence-corrected chi connectivity index (χ3v) is 3.61. The van der Waals surface area contributed by atoms with Gasteiger partial charge in [-0.15, -0.1) is 0 Å². The zero-order valence-electron chi connectivity index (χ0n) is 9.61. The van der Waals surface area contributed by atoms with Crippen molar-refractivity contribution in [2.45, 2.75) is 25.8 Å². The van der Waals surface area contributed by atoms with Crippen LogP contribution < -0.4 is 9.64 Å². The smallest absolute Gasteiger partial charge is 0.218 e. The lowest BCUT2D eigenvalue weighted by atomic mass is 10.2. The van der Waals surface area contributed by atoms with E-state index < -0.39 is 0 Å². The Kier molecular flexibility index (Phi) is 3.63. The third kappa shape index (κ3) is 2.29. The Hall–Kier alpha value is -0.840. The van der Waals surface area contributed by atoms with E-state index in [1.54, 1.807) is 7.11 Å². The van der Waals surface area contributed by atoms with Gasteiger partial charge in [-0.1, -0.05) is 15.9 Å². The molecular weight excluding hydrogens is 270 g/mol. The number of hydrogen-bond donors (Lipinski definition) is 0. The molecule has 0 bridgehead atoms. The number of halogens is 1. The SMILES string of the molecule is COc1cc(N2CCCC2CBr)nc(C)n1. The van der Waals surface area contributed by atoms with Gasteiger partial charge in [0.25, 0.3) is 0 Å². The average molecular weight is 286 g/mol. The Morgan fingerprint density at radius 1 is 1.56 bits per heavy atom. The van der Waals surface area contributed by atoms with Crippen molar-refractivity contribution in [1.29, 1.82) is 0 Å². The fraction of sp³-hybridized carbons (Fsp3) is 0.636. The molecule has 0 radical (unpaired) electrons. The Morgan fingerprint density at radius 3 is 3.06 bits per heavy atom. The minimum atomic E-state index is 0.541. The van der Waals surface area contributed by atoms with Crippen molar-refractivity contribution in [3.63, 3.8) is 0 Å². The zero-order chi connectivity index (χ0) is 11.5. The van der Waals surface area contributed by atoms with E-state index in [-0.39, 0.29) is 0 Å². The van der Waals surface area contributed by atoms with Crippen molar-refractivity contribution in [3.05, 3.63) is 11.9 Å². The molecule has 0 saturated carbocycles. The molecule has 1 aliphatic heterocycles. The molecule has 2 heterocycles. The second-order valence-corrected chi connectivity index (χ2v) is 4.61. The highest BCUT2D eigenvalue weighted by atomic mass is 79.9. The lowest BCUT2D eigenvalue weighted by Crippen LogP contribution is -2.31. The van der Waals surface area contributed by atoms with Crippen LogP contribution in [0.25, 0.3) is 0 Å². The first-order chi connectivity index (χ1) is 7.74. The van der Waals surface area contributed by atoms with Gasteiger partial charge in [0.2, 0.25) is 5.88 Å². The number of aromatic nitrogens is 2. The molecule has 1 atom stereocenters. The fourth-order valence-corrected chi connectivity index (χ4v) is 2.75. The number of ether oxygens (including phenoxy) is 1. The molecule has 4 nitrogen and oxygen atoms in total. The van der Waals surface area contributed by atoms with Crippen LogP contribution in [0.2, 0.25) is 0 Å². The molecule has 1 saturated heterocycles. The van der Waals surface area contributed by atoms with E-state index in [1.165, 1.54) is 12.8 Å². The molecule has 0 aliphatic carbocycles. The molecule has 1 aromatic heterocycles. The first-order valence-electron chi connectivity index (χ1n) is 5.47. The van der Waals surface area contributed by atoms with Crippen LogP contribution in [0.15, 0.2) is 6.07 Å². The van der Waals surface area contributed by atoms with E-state index in [0.29, 0.717) is 11.9 Å². The predicted octanol–water partition coefficient (Wildman–Crippen LogP) is 2.16. The fourth-order valence-electron chi connectivity index (χ4n) is 2.07. The first-order valence-corrected chi connectivity index (χ1v) is 6.59. The van der Waals surface area contributed by atoms with Gasteiger partial charge < -0.3 is 9.64 Å². The largest absolute Gasteiger partial charge is 0.481 e. The summed E-state index contributed by atoms with van der Waals surface area (Å²) in [4.78, 5) is 11.0. The molecule has 0 spiro atoms. The van der Waals surface area contributed by atoms with Gasteiger partial charge in [0, 0.05) is 24.0 Å². The summed E-state index contributed by atoms with van der Waals surface area (Å²) in [7, 11) is 1.64. The standard InChI is InChI=1S/C11H16BrN3O/c1-8-13-10(6-11(14-8)16-2)15-5-3-4-9(15)7-12/h6,9H,3-5,7H2,1-2H3. The molecule has 88 valence electrons. The normalized spacial score (nSPS) is 20.2. The van der Waals surface area contributed by atoms with Gasteiger partial charge in [-0.2, -0.15) is 4.98 Å². The van der Waals surface area contributed by atoms with Gasteiger partial charge in [0.1, 0.15) is 11.6 Å². The average Bonchev–Trinajstić information content (AvgIpc) is 2.76. The Labute approximate surface area is 104 Å². The van der Waals surface area contributed by atoms with Crippen LogP contribution in [-0.4, -0.2) is 35.0 Å². The monoisotopic (exact) mass is 285 g/mol. The van der Waals surface area contributed by atoms with E-state index in [0.717, 1.165) is 23.5 Å². The zero-order valence-corrected chi connectivity index (χ0v) is 11.2. The van der Waals surface area contributed by atoms with Crippen molar-refractivity contribution in [3.8, 4) is 5.88 Å². The lowest BCUT2D eigenvalue weighted by Gasteiger charge is -2.24. The van der Waals surface area contributed by atoms with E-state index in [9.17, 15) is 0 Å². The van der Waals surface area contributed by atoms with Crippen LogP contribution in [0, 0.1) is 6.92 Å². The van der Waals surface area contributed by atoms with Gasteiger partial charge in [0.05, 0.1) is 7.11 Å². The highest BCUT2D eigenvalue weighted by Gasteiger charge is 2.25. The van der Waals surface area contributed by atoms with Crippen molar-refractivity contribution in [2.75, 3.05) is 23.9 Å². The Balaban J connectivity index is 2.28. The second-order valence-electron chi connectivity index (χ2n) is 3.96. The van der Waals surface area contributed by atoms with E-state index in [1.807, 2.05) is 13.0 Å². The van der Waals surface area contributed by atoms with Gasteiger partial charge in [-0.05, 0) is 19.8 Å². The Morgan fingerprint density at radius 2 is 2.38 bits per heavy atom. The van der Waals surface area contributed by atoms with Gasteiger partial charge in [-0.3, -0.25) is 0 Å². The molecular formula is C11H16BrN3O. The maximum atomic E-state index is 5.17. The van der Waals surface area contributed by atoms with Crippen molar-refractivity contribution in [2.24, 2.45) is 0 Å². The Bertz CT molecular complexity index is 372. The first kappa shape index (κ1) is 11.6. The maximum absolute atomic E-state index is 5.17. The number of nitrogens with zero attached hydrogens (tertiary/aromatic N) is 3. The quantitative estimate of drug-likeness (QED) is 0.798. The lowest BCUT2D eigenvalue weighted by molar-refractivity contribution is 0.395. The predicted molar refractivity (Wildman–Crippen MR) is 67.5 cm³/mol. The number of anilines is 1. The summed E-state index contributed by atoms with van der Waals surface area (Å²) in [5.74, 6) is 2.38. The number of alkyl halides is 1. The van der Waals surface area contributed by atoms with Crippen molar-refractivity contribution >= 4 is 21.7 Å². The number of rotatable bonds is 3. The van der Waals surface area contributed by atoms with Gasteiger partial charge in [-0.25, -0.2) is 4.98 Å². The molecule has 0 aromatic carbocycles. The molecule has 0 N–H and O–H groups in total. The molecule has 1 unspecified atom stereocenters. The van der Waals surface area contributed by atoms with E-state index in [4.69, 9.17) is 4.74 Å². The molecule has 2 rings (SSSR count). The van der Waals surface area contributed by atoms with Crippen molar-refractivity contribution < 1.29 is 4.74 Å². The van der Waals surface area contributed by atoms with Gasteiger partial charge >= 0.3 is 0 Å². The molecule has 1 aliphatic rings. The van der Waals surface area contributed by atoms with Crippen molar-refractivity contribution in [1.82, 2.24) is 9.97 Å². The second kappa shape index (κ2) is 4.99. The van der Waals surface area contributed by atoms with Crippen LogP contribution >= 0.6 is 15.9 Å². The summed E-state index contributed by atoms with van der Waals surface area (Å²) < 4.78 is 5.17.